The van der Waals surface area contributed by atoms with Crippen LogP contribution < -0.4 is 5.32 Å². The first-order valence-electron chi connectivity index (χ1n) is 4.63. The molecule has 0 fully saturated rings. The molecule has 0 aliphatic rings. The van der Waals surface area contributed by atoms with Crippen LogP contribution in [0, 0.1) is 17.7 Å². The van der Waals surface area contributed by atoms with E-state index in [0.29, 0.717) is 12.1 Å². The number of hydrogen-bond acceptors (Lipinski definition) is 1. The predicted molar refractivity (Wildman–Crippen MR) is 56.3 cm³/mol. The SMILES string of the molecule is CC#CCNC(C)c1ccccc1F. The van der Waals surface area contributed by atoms with Crippen molar-refractivity contribution in [2.75, 3.05) is 6.54 Å². The summed E-state index contributed by atoms with van der Waals surface area (Å²) in [5, 5.41) is 3.13. The molecule has 1 aromatic carbocycles. The van der Waals surface area contributed by atoms with Gasteiger partial charge in [-0.05, 0) is 19.9 Å². The Morgan fingerprint density at radius 2 is 2.14 bits per heavy atom. The van der Waals surface area contributed by atoms with E-state index in [-0.39, 0.29) is 11.9 Å². The lowest BCUT2D eigenvalue weighted by Gasteiger charge is -2.12. The van der Waals surface area contributed by atoms with Crippen molar-refractivity contribution in [2.45, 2.75) is 19.9 Å². The Bertz CT molecular complexity index is 349. The van der Waals surface area contributed by atoms with E-state index in [4.69, 9.17) is 0 Å². The van der Waals surface area contributed by atoms with Gasteiger partial charge in [-0.3, -0.25) is 5.32 Å². The van der Waals surface area contributed by atoms with E-state index in [9.17, 15) is 4.39 Å². The van der Waals surface area contributed by atoms with Gasteiger partial charge < -0.3 is 0 Å². The third-order valence-corrected chi connectivity index (χ3v) is 2.05. The molecular weight excluding hydrogens is 177 g/mol. The average molecular weight is 191 g/mol. The smallest absolute Gasteiger partial charge is 0.127 e. The molecule has 1 rings (SSSR count). The highest BCUT2D eigenvalue weighted by Gasteiger charge is 2.07. The number of halogens is 1. The van der Waals surface area contributed by atoms with E-state index < -0.39 is 0 Å². The molecule has 0 heterocycles. The molecule has 2 heteroatoms. The number of hydrogen-bond donors (Lipinski definition) is 1. The van der Waals surface area contributed by atoms with Crippen LogP contribution in [0.25, 0.3) is 0 Å². The van der Waals surface area contributed by atoms with Crippen LogP contribution in [0.5, 0.6) is 0 Å². The zero-order valence-corrected chi connectivity index (χ0v) is 8.47. The lowest BCUT2D eigenvalue weighted by molar-refractivity contribution is 0.551. The number of rotatable bonds is 3. The molecule has 0 spiro atoms. The number of benzene rings is 1. The Hall–Kier alpha value is -1.33. The van der Waals surface area contributed by atoms with Crippen LogP contribution in [0.3, 0.4) is 0 Å². The minimum Gasteiger partial charge on any atom is -0.299 e. The largest absolute Gasteiger partial charge is 0.299 e. The first-order chi connectivity index (χ1) is 6.75. The summed E-state index contributed by atoms with van der Waals surface area (Å²) in [6.45, 7) is 4.30. The van der Waals surface area contributed by atoms with E-state index in [2.05, 4.69) is 17.2 Å². The fourth-order valence-corrected chi connectivity index (χ4v) is 1.23. The summed E-state index contributed by atoms with van der Waals surface area (Å²) >= 11 is 0. The molecule has 0 saturated carbocycles. The highest BCUT2D eigenvalue weighted by Crippen LogP contribution is 2.15. The van der Waals surface area contributed by atoms with Crippen molar-refractivity contribution in [3.8, 4) is 11.8 Å². The minimum atomic E-state index is -0.169. The van der Waals surface area contributed by atoms with Crippen molar-refractivity contribution in [3.63, 3.8) is 0 Å². The van der Waals surface area contributed by atoms with Gasteiger partial charge in [0.05, 0.1) is 6.54 Å². The second kappa shape index (κ2) is 5.41. The maximum atomic E-state index is 13.3. The van der Waals surface area contributed by atoms with Gasteiger partial charge in [0.15, 0.2) is 0 Å². The molecule has 0 radical (unpaired) electrons. The molecule has 0 bridgehead atoms. The van der Waals surface area contributed by atoms with Crippen LogP contribution in [0.1, 0.15) is 25.5 Å². The van der Waals surface area contributed by atoms with Crippen LogP contribution in [-0.4, -0.2) is 6.54 Å². The molecule has 0 aromatic heterocycles. The highest BCUT2D eigenvalue weighted by atomic mass is 19.1. The summed E-state index contributed by atoms with van der Waals surface area (Å²) in [7, 11) is 0. The molecule has 74 valence electrons. The average Bonchev–Trinajstić information content (AvgIpc) is 2.18. The lowest BCUT2D eigenvalue weighted by atomic mass is 10.1. The van der Waals surface area contributed by atoms with Crippen molar-refractivity contribution in [1.29, 1.82) is 0 Å². The molecule has 0 saturated heterocycles. The molecule has 1 N–H and O–H groups in total. The fraction of sp³-hybridized carbons (Fsp3) is 0.333. The molecule has 14 heavy (non-hydrogen) atoms. The first-order valence-corrected chi connectivity index (χ1v) is 4.63. The van der Waals surface area contributed by atoms with Crippen LogP contribution in [0.15, 0.2) is 24.3 Å². The normalized spacial score (nSPS) is 11.6. The summed E-state index contributed by atoms with van der Waals surface area (Å²) < 4.78 is 13.3. The first kappa shape index (κ1) is 10.7. The maximum absolute atomic E-state index is 13.3. The summed E-state index contributed by atoms with van der Waals surface area (Å²) in [6, 6.07) is 6.78. The van der Waals surface area contributed by atoms with E-state index in [0.717, 1.165) is 0 Å². The number of nitrogens with one attached hydrogen (secondary N) is 1. The summed E-state index contributed by atoms with van der Waals surface area (Å²) in [6.07, 6.45) is 0. The fourth-order valence-electron chi connectivity index (χ4n) is 1.23. The van der Waals surface area contributed by atoms with Gasteiger partial charge in [0.25, 0.3) is 0 Å². The Labute approximate surface area is 84.3 Å². The third-order valence-electron chi connectivity index (χ3n) is 2.05. The van der Waals surface area contributed by atoms with Gasteiger partial charge in [-0.25, -0.2) is 4.39 Å². The van der Waals surface area contributed by atoms with Gasteiger partial charge in [-0.2, -0.15) is 0 Å². The van der Waals surface area contributed by atoms with Gasteiger partial charge in [-0.15, -0.1) is 5.92 Å². The Morgan fingerprint density at radius 1 is 1.43 bits per heavy atom. The second-order valence-electron chi connectivity index (χ2n) is 3.05. The Balaban J connectivity index is 2.63. The van der Waals surface area contributed by atoms with E-state index in [1.54, 1.807) is 19.1 Å². The molecule has 1 nitrogen and oxygen atoms in total. The molecule has 0 aliphatic heterocycles. The molecule has 1 aromatic rings. The van der Waals surface area contributed by atoms with Crippen LogP contribution in [-0.2, 0) is 0 Å². The molecule has 1 atom stereocenters. The standard InChI is InChI=1S/C12H14FN/c1-3-4-9-14-10(2)11-7-5-6-8-12(11)13/h5-8,10,14H,9H2,1-2H3. The van der Waals surface area contributed by atoms with E-state index in [1.165, 1.54) is 6.07 Å². The minimum absolute atomic E-state index is 0.00273. The Morgan fingerprint density at radius 3 is 2.79 bits per heavy atom. The molecule has 1 unspecified atom stereocenters. The van der Waals surface area contributed by atoms with Crippen molar-refractivity contribution >= 4 is 0 Å². The molecular formula is C12H14FN. The van der Waals surface area contributed by atoms with Crippen LogP contribution in [0.4, 0.5) is 4.39 Å². The molecule has 0 amide bonds. The molecule has 0 aliphatic carbocycles. The zero-order chi connectivity index (χ0) is 10.4. The lowest BCUT2D eigenvalue weighted by Crippen LogP contribution is -2.19. The van der Waals surface area contributed by atoms with Crippen molar-refractivity contribution in [3.05, 3.63) is 35.6 Å². The summed E-state index contributed by atoms with van der Waals surface area (Å²) in [5.41, 5.74) is 0.686. The van der Waals surface area contributed by atoms with Gasteiger partial charge >= 0.3 is 0 Å². The van der Waals surface area contributed by atoms with Crippen molar-refractivity contribution in [1.82, 2.24) is 5.32 Å². The van der Waals surface area contributed by atoms with Crippen molar-refractivity contribution < 1.29 is 4.39 Å². The van der Waals surface area contributed by atoms with Crippen LogP contribution in [0.2, 0.25) is 0 Å². The topological polar surface area (TPSA) is 12.0 Å². The maximum Gasteiger partial charge on any atom is 0.127 e. The quantitative estimate of drug-likeness (QED) is 0.724. The third kappa shape index (κ3) is 2.86. The van der Waals surface area contributed by atoms with Crippen LogP contribution >= 0.6 is 0 Å². The van der Waals surface area contributed by atoms with Gasteiger partial charge in [0.2, 0.25) is 0 Å². The van der Waals surface area contributed by atoms with E-state index in [1.807, 2.05) is 13.0 Å². The summed E-state index contributed by atoms with van der Waals surface area (Å²) in [5.74, 6) is 5.50. The zero-order valence-electron chi connectivity index (χ0n) is 8.47. The van der Waals surface area contributed by atoms with Gasteiger partial charge in [-0.1, -0.05) is 24.1 Å². The van der Waals surface area contributed by atoms with E-state index >= 15 is 0 Å². The van der Waals surface area contributed by atoms with Crippen molar-refractivity contribution in [2.24, 2.45) is 0 Å². The second-order valence-corrected chi connectivity index (χ2v) is 3.05. The summed E-state index contributed by atoms with van der Waals surface area (Å²) in [4.78, 5) is 0. The highest BCUT2D eigenvalue weighted by molar-refractivity contribution is 5.20. The predicted octanol–water partition coefficient (Wildman–Crippen LogP) is 2.50. The Kier molecular flexibility index (Phi) is 4.15. The van der Waals surface area contributed by atoms with Gasteiger partial charge in [0, 0.05) is 11.6 Å². The van der Waals surface area contributed by atoms with Gasteiger partial charge in [0.1, 0.15) is 5.82 Å². The monoisotopic (exact) mass is 191 g/mol.